The van der Waals surface area contributed by atoms with Crippen molar-refractivity contribution in [1.29, 1.82) is 0 Å². The van der Waals surface area contributed by atoms with Crippen LogP contribution in [-0.4, -0.2) is 77.1 Å². The average molecular weight is 697 g/mol. The van der Waals surface area contributed by atoms with Gasteiger partial charge in [0, 0.05) is 50.2 Å². The van der Waals surface area contributed by atoms with Gasteiger partial charge in [-0.15, -0.1) is 11.3 Å². The second-order valence-corrected chi connectivity index (χ2v) is 16.6. The number of hydrogen-bond acceptors (Lipinski definition) is 8. The number of esters is 1. The van der Waals surface area contributed by atoms with Crippen LogP contribution in [0.2, 0.25) is 0 Å². The Morgan fingerprint density at radius 1 is 1.06 bits per heavy atom. The summed E-state index contributed by atoms with van der Waals surface area (Å²) in [4.78, 5) is 62.1. The van der Waals surface area contributed by atoms with Crippen LogP contribution in [0.25, 0.3) is 0 Å². The van der Waals surface area contributed by atoms with E-state index in [0.717, 1.165) is 37.8 Å². The summed E-state index contributed by atoms with van der Waals surface area (Å²) in [6.07, 6.45) is 4.23. The number of nitrogens with zero attached hydrogens (tertiary/aromatic N) is 3. The van der Waals surface area contributed by atoms with E-state index in [1.165, 1.54) is 18.3 Å². The van der Waals surface area contributed by atoms with Gasteiger partial charge in [-0.1, -0.05) is 85.2 Å². The number of likely N-dealkylation sites (N-methyl/N-ethyl adjacent to an activating group) is 1. The van der Waals surface area contributed by atoms with Crippen LogP contribution >= 0.6 is 11.3 Å². The van der Waals surface area contributed by atoms with E-state index in [4.69, 9.17) is 4.74 Å². The molecule has 1 aliphatic rings. The number of amides is 2. The molecule has 1 fully saturated rings. The number of likely N-dealkylation sites (tertiary alicyclic amines) is 1. The second kappa shape index (κ2) is 18.2. The van der Waals surface area contributed by atoms with Crippen LogP contribution in [-0.2, 0) is 25.5 Å². The van der Waals surface area contributed by atoms with Crippen molar-refractivity contribution in [3.8, 4) is 0 Å². The van der Waals surface area contributed by atoms with Gasteiger partial charge in [-0.2, -0.15) is 0 Å². The fourth-order valence-electron chi connectivity index (χ4n) is 6.95. The first kappa shape index (κ1) is 40.3. The Morgan fingerprint density at radius 3 is 2.31 bits per heavy atom. The van der Waals surface area contributed by atoms with E-state index >= 15 is 0 Å². The van der Waals surface area contributed by atoms with Crippen LogP contribution in [0.3, 0.4) is 0 Å². The second-order valence-electron chi connectivity index (χ2n) is 15.7. The topological polar surface area (TPSA) is 109 Å². The molecular weight excluding hydrogens is 637 g/mol. The van der Waals surface area contributed by atoms with E-state index < -0.39 is 23.4 Å². The summed E-state index contributed by atoms with van der Waals surface area (Å²) >= 11 is 1.28. The number of thiazole rings is 1. The van der Waals surface area contributed by atoms with Gasteiger partial charge in [0.1, 0.15) is 10.7 Å². The number of carbonyl (C=O) groups excluding carboxylic acids is 4. The Kier molecular flexibility index (Phi) is 15.0. The number of benzene rings is 1. The lowest BCUT2D eigenvalue weighted by Crippen LogP contribution is -2.49. The predicted octanol–water partition coefficient (Wildman–Crippen LogP) is 7.11. The number of nitrogens with one attached hydrogen (secondary N) is 1. The molecule has 0 saturated carbocycles. The third-order valence-electron chi connectivity index (χ3n) is 9.72. The Hall–Kier alpha value is -3.11. The number of ketones is 1. The minimum absolute atomic E-state index is 0.0188. The van der Waals surface area contributed by atoms with Crippen molar-refractivity contribution in [1.82, 2.24) is 20.1 Å². The molecule has 2 heterocycles. The van der Waals surface area contributed by atoms with Crippen molar-refractivity contribution in [3.05, 3.63) is 52.0 Å². The molecule has 1 aliphatic heterocycles. The number of carbonyl (C=O) groups is 4. The quantitative estimate of drug-likeness (QED) is 0.186. The Labute approximate surface area is 298 Å². The fraction of sp³-hybridized carbons (Fsp3) is 0.667. The monoisotopic (exact) mass is 696 g/mol. The molecule has 1 N–H and O–H groups in total. The van der Waals surface area contributed by atoms with Gasteiger partial charge in [0.15, 0.2) is 11.9 Å². The van der Waals surface area contributed by atoms with E-state index in [9.17, 15) is 19.2 Å². The third kappa shape index (κ3) is 12.0. The highest BCUT2D eigenvalue weighted by molar-refractivity contribution is 7.09. The molecule has 10 heteroatoms. The van der Waals surface area contributed by atoms with Gasteiger partial charge < -0.3 is 15.0 Å². The van der Waals surface area contributed by atoms with E-state index in [2.05, 4.69) is 41.2 Å². The molecule has 9 nitrogen and oxygen atoms in total. The third-order valence-corrected chi connectivity index (χ3v) is 10.7. The lowest BCUT2D eigenvalue weighted by atomic mass is 9.75. The standard InChI is InChI=1S/C39H60N4O5S/c1-25(2)20-29(21-28-16-12-11-13-17-28)40-36(46)31-24-49-37(41-31)35(48-27(5)44)23-33(26(3)4)43(10)38(47)30(39(6,7)8)22-34(45)32-18-14-15-19-42(32)9/h11-13,16-17,24-26,29-30,32-33,35H,14-15,18-23H2,1-10H3,(H,40,46)/t29-,30-,32-,33-,35-/m1/s1. The summed E-state index contributed by atoms with van der Waals surface area (Å²) in [5, 5.41) is 5.40. The minimum atomic E-state index is -0.743. The zero-order chi connectivity index (χ0) is 36.5. The van der Waals surface area contributed by atoms with E-state index in [-0.39, 0.29) is 53.8 Å². The molecule has 0 bridgehead atoms. The number of aromatic nitrogens is 1. The molecule has 49 heavy (non-hydrogen) atoms. The Balaban J connectivity index is 1.80. The molecule has 0 unspecified atom stereocenters. The molecule has 2 amide bonds. The molecule has 3 rings (SSSR count). The minimum Gasteiger partial charge on any atom is -0.455 e. The van der Waals surface area contributed by atoms with Crippen LogP contribution < -0.4 is 5.32 Å². The van der Waals surface area contributed by atoms with Gasteiger partial charge in [-0.3, -0.25) is 24.1 Å². The summed E-state index contributed by atoms with van der Waals surface area (Å²) in [5.41, 5.74) is 1.000. The van der Waals surface area contributed by atoms with Gasteiger partial charge in [-0.25, -0.2) is 4.98 Å². The van der Waals surface area contributed by atoms with Crippen LogP contribution in [0.4, 0.5) is 0 Å². The molecule has 0 radical (unpaired) electrons. The highest BCUT2D eigenvalue weighted by Crippen LogP contribution is 2.35. The Bertz CT molecular complexity index is 1390. The summed E-state index contributed by atoms with van der Waals surface area (Å²) in [6.45, 7) is 16.6. The number of hydrogen-bond donors (Lipinski definition) is 1. The van der Waals surface area contributed by atoms with Gasteiger partial charge in [-0.05, 0) is 62.1 Å². The molecule has 1 aromatic carbocycles. The molecule has 1 aromatic heterocycles. The molecule has 5 atom stereocenters. The highest BCUT2D eigenvalue weighted by Gasteiger charge is 2.40. The van der Waals surface area contributed by atoms with Crippen molar-refractivity contribution in [2.75, 3.05) is 20.6 Å². The first-order valence-corrected chi connectivity index (χ1v) is 18.8. The first-order chi connectivity index (χ1) is 23.0. The molecule has 0 spiro atoms. The molecular formula is C39H60N4O5S. The molecule has 1 saturated heterocycles. The van der Waals surface area contributed by atoms with Crippen LogP contribution in [0.1, 0.15) is 121 Å². The SMILES string of the molecule is CC(=O)O[C@H](C[C@H](C(C)C)N(C)C(=O)[C@@H](CC(=O)[C@H]1CCCCN1C)C(C)(C)C)c1nc(C(=O)N[C@@H](Cc2ccccc2)CC(C)C)cs1. The van der Waals surface area contributed by atoms with E-state index in [1.807, 2.05) is 59.9 Å². The maximum Gasteiger partial charge on any atom is 0.303 e. The average Bonchev–Trinajstić information content (AvgIpc) is 3.51. The summed E-state index contributed by atoms with van der Waals surface area (Å²) < 4.78 is 5.82. The van der Waals surface area contributed by atoms with Gasteiger partial charge in [0.25, 0.3) is 5.91 Å². The largest absolute Gasteiger partial charge is 0.455 e. The molecule has 0 aliphatic carbocycles. The van der Waals surface area contributed by atoms with Crippen molar-refractivity contribution in [3.63, 3.8) is 0 Å². The van der Waals surface area contributed by atoms with Crippen molar-refractivity contribution >= 4 is 34.9 Å². The Morgan fingerprint density at radius 2 is 1.73 bits per heavy atom. The van der Waals surface area contributed by atoms with Gasteiger partial charge in [0.05, 0.1) is 6.04 Å². The maximum absolute atomic E-state index is 14.3. The summed E-state index contributed by atoms with van der Waals surface area (Å²) in [5.74, 6) is -0.782. The van der Waals surface area contributed by atoms with Crippen molar-refractivity contribution in [2.24, 2.45) is 23.2 Å². The van der Waals surface area contributed by atoms with Gasteiger partial charge >= 0.3 is 5.97 Å². The molecule has 272 valence electrons. The number of piperidine rings is 1. The lowest BCUT2D eigenvalue weighted by molar-refractivity contribution is -0.150. The first-order valence-electron chi connectivity index (χ1n) is 17.9. The maximum atomic E-state index is 14.3. The number of ether oxygens (including phenoxy) is 1. The summed E-state index contributed by atoms with van der Waals surface area (Å²) in [7, 11) is 3.78. The van der Waals surface area contributed by atoms with Crippen molar-refractivity contribution < 1.29 is 23.9 Å². The van der Waals surface area contributed by atoms with Crippen LogP contribution in [0, 0.1) is 23.2 Å². The normalized spacial score (nSPS) is 18.1. The van der Waals surface area contributed by atoms with Crippen molar-refractivity contribution in [2.45, 2.75) is 125 Å². The van der Waals surface area contributed by atoms with E-state index in [1.54, 1.807) is 17.3 Å². The smallest absolute Gasteiger partial charge is 0.303 e. The van der Waals surface area contributed by atoms with Crippen LogP contribution in [0.5, 0.6) is 0 Å². The number of Topliss-reactive ketones (excluding diaryl/α,β-unsaturated/α-hetero) is 1. The zero-order valence-corrected chi connectivity index (χ0v) is 32.3. The zero-order valence-electron chi connectivity index (χ0n) is 31.5. The molecule has 2 aromatic rings. The van der Waals surface area contributed by atoms with E-state index in [0.29, 0.717) is 23.8 Å². The predicted molar refractivity (Wildman–Crippen MR) is 196 cm³/mol. The van der Waals surface area contributed by atoms with Crippen LogP contribution in [0.15, 0.2) is 35.7 Å². The lowest BCUT2D eigenvalue weighted by Gasteiger charge is -2.40. The van der Waals surface area contributed by atoms with Gasteiger partial charge in [0.2, 0.25) is 5.91 Å². The highest BCUT2D eigenvalue weighted by atomic mass is 32.1. The number of rotatable bonds is 16. The summed E-state index contributed by atoms with van der Waals surface area (Å²) in [6, 6.07) is 9.59. The fourth-order valence-corrected chi connectivity index (χ4v) is 7.79.